The largest absolute Gasteiger partial charge is 0.397 e. The Hall–Kier alpha value is -1.22. The van der Waals surface area contributed by atoms with E-state index in [0.29, 0.717) is 0 Å². The number of nitrogens with zero attached hydrogens (tertiary/aromatic N) is 2. The van der Waals surface area contributed by atoms with Crippen LogP contribution in [0.15, 0.2) is 18.2 Å². The third kappa shape index (κ3) is 2.72. The van der Waals surface area contributed by atoms with E-state index in [9.17, 15) is 0 Å². The van der Waals surface area contributed by atoms with Gasteiger partial charge in [0, 0.05) is 26.2 Å². The van der Waals surface area contributed by atoms with Gasteiger partial charge in [-0.05, 0) is 31.5 Å². The van der Waals surface area contributed by atoms with Crippen molar-refractivity contribution in [3.8, 4) is 0 Å². The van der Waals surface area contributed by atoms with Crippen molar-refractivity contribution in [2.45, 2.75) is 20.3 Å². The van der Waals surface area contributed by atoms with Crippen molar-refractivity contribution in [3.63, 3.8) is 0 Å². The Balaban J connectivity index is 2.05. The molecule has 1 aliphatic rings. The molecule has 0 bridgehead atoms. The first-order valence-electron chi connectivity index (χ1n) is 6.54. The maximum atomic E-state index is 6.09. The number of hydrogen-bond acceptors (Lipinski definition) is 3. The van der Waals surface area contributed by atoms with Crippen LogP contribution in [0.5, 0.6) is 0 Å². The highest BCUT2D eigenvalue weighted by atomic mass is 15.3. The smallest absolute Gasteiger partial charge is 0.0630 e. The summed E-state index contributed by atoms with van der Waals surface area (Å²) < 4.78 is 0. The molecule has 2 rings (SSSR count). The fraction of sp³-hybridized carbons (Fsp3) is 0.571. The van der Waals surface area contributed by atoms with Crippen molar-refractivity contribution in [3.05, 3.63) is 23.8 Å². The lowest BCUT2D eigenvalue weighted by molar-refractivity contribution is 0.258. The van der Waals surface area contributed by atoms with Crippen molar-refractivity contribution < 1.29 is 0 Å². The molecule has 1 aromatic rings. The van der Waals surface area contributed by atoms with Gasteiger partial charge in [0.25, 0.3) is 0 Å². The molecular formula is C14H23N3. The van der Waals surface area contributed by atoms with Gasteiger partial charge in [0.1, 0.15) is 0 Å². The molecule has 0 aromatic heterocycles. The third-order valence-corrected chi connectivity index (χ3v) is 3.50. The monoisotopic (exact) mass is 233 g/mol. The zero-order valence-electron chi connectivity index (χ0n) is 10.9. The standard InChI is InChI=1S/C14H23N3/c1-3-7-16-8-10-17(11-9-16)14-12(2)5-4-6-13(14)15/h4-6H,3,7-11,15H2,1-2H3. The summed E-state index contributed by atoms with van der Waals surface area (Å²) in [7, 11) is 0. The summed E-state index contributed by atoms with van der Waals surface area (Å²) in [6, 6.07) is 6.17. The SMILES string of the molecule is CCCN1CCN(c2c(C)cccc2N)CC1. The Kier molecular flexibility index (Phi) is 3.89. The van der Waals surface area contributed by atoms with E-state index < -0.39 is 0 Å². The fourth-order valence-electron chi connectivity index (χ4n) is 2.62. The van der Waals surface area contributed by atoms with E-state index in [1.807, 2.05) is 12.1 Å². The molecule has 0 radical (unpaired) electrons. The fourth-order valence-corrected chi connectivity index (χ4v) is 2.62. The van der Waals surface area contributed by atoms with Gasteiger partial charge in [0.2, 0.25) is 0 Å². The summed E-state index contributed by atoms with van der Waals surface area (Å²) in [5.74, 6) is 0. The quantitative estimate of drug-likeness (QED) is 0.812. The molecular weight excluding hydrogens is 210 g/mol. The highest BCUT2D eigenvalue weighted by molar-refractivity contribution is 5.71. The average molecular weight is 233 g/mol. The van der Waals surface area contributed by atoms with Gasteiger partial charge in [-0.3, -0.25) is 4.90 Å². The predicted molar refractivity (Wildman–Crippen MR) is 74.5 cm³/mol. The Morgan fingerprint density at radius 3 is 2.47 bits per heavy atom. The van der Waals surface area contributed by atoms with Gasteiger partial charge in [0.05, 0.1) is 11.4 Å². The maximum absolute atomic E-state index is 6.09. The van der Waals surface area contributed by atoms with E-state index in [4.69, 9.17) is 5.73 Å². The Morgan fingerprint density at radius 2 is 1.88 bits per heavy atom. The normalized spacial score (nSPS) is 17.4. The second-order valence-electron chi connectivity index (χ2n) is 4.84. The number of nitrogen functional groups attached to an aromatic ring is 1. The first-order chi connectivity index (χ1) is 8.22. The number of benzene rings is 1. The maximum Gasteiger partial charge on any atom is 0.0630 e. The summed E-state index contributed by atoms with van der Waals surface area (Å²) in [6.07, 6.45) is 1.24. The lowest BCUT2D eigenvalue weighted by Crippen LogP contribution is -2.47. The number of aryl methyl sites for hydroxylation is 1. The summed E-state index contributed by atoms with van der Waals surface area (Å²) >= 11 is 0. The van der Waals surface area contributed by atoms with Crippen LogP contribution in [-0.4, -0.2) is 37.6 Å². The first-order valence-corrected chi connectivity index (χ1v) is 6.54. The number of anilines is 2. The zero-order valence-corrected chi connectivity index (χ0v) is 10.9. The highest BCUT2D eigenvalue weighted by Gasteiger charge is 2.19. The number of piperazine rings is 1. The topological polar surface area (TPSA) is 32.5 Å². The van der Waals surface area contributed by atoms with E-state index in [1.165, 1.54) is 24.2 Å². The minimum absolute atomic E-state index is 0.911. The van der Waals surface area contributed by atoms with Crippen LogP contribution in [-0.2, 0) is 0 Å². The van der Waals surface area contributed by atoms with Crippen LogP contribution < -0.4 is 10.6 Å². The minimum Gasteiger partial charge on any atom is -0.397 e. The average Bonchev–Trinajstić information content (AvgIpc) is 2.31. The van der Waals surface area contributed by atoms with Crippen molar-refractivity contribution in [1.82, 2.24) is 4.90 Å². The molecule has 0 aliphatic carbocycles. The molecule has 94 valence electrons. The molecule has 3 heteroatoms. The Labute approximate surface area is 104 Å². The highest BCUT2D eigenvalue weighted by Crippen LogP contribution is 2.28. The van der Waals surface area contributed by atoms with Crippen LogP contribution in [0.25, 0.3) is 0 Å². The number of nitrogens with two attached hydrogens (primary N) is 1. The second-order valence-corrected chi connectivity index (χ2v) is 4.84. The molecule has 0 unspecified atom stereocenters. The molecule has 3 nitrogen and oxygen atoms in total. The molecule has 0 amide bonds. The van der Waals surface area contributed by atoms with Crippen LogP contribution in [0.4, 0.5) is 11.4 Å². The van der Waals surface area contributed by atoms with Gasteiger partial charge in [-0.2, -0.15) is 0 Å². The summed E-state index contributed by atoms with van der Waals surface area (Å²) in [4.78, 5) is 4.96. The van der Waals surface area contributed by atoms with Crippen LogP contribution in [0.2, 0.25) is 0 Å². The molecule has 1 aliphatic heterocycles. The van der Waals surface area contributed by atoms with E-state index >= 15 is 0 Å². The molecule has 0 atom stereocenters. The van der Waals surface area contributed by atoms with Gasteiger partial charge >= 0.3 is 0 Å². The first kappa shape index (κ1) is 12.2. The van der Waals surface area contributed by atoms with Crippen molar-refractivity contribution >= 4 is 11.4 Å². The van der Waals surface area contributed by atoms with Gasteiger partial charge in [-0.25, -0.2) is 0 Å². The minimum atomic E-state index is 0.911. The van der Waals surface area contributed by atoms with Crippen LogP contribution in [0.3, 0.4) is 0 Å². The van der Waals surface area contributed by atoms with Gasteiger partial charge in [0.15, 0.2) is 0 Å². The molecule has 1 heterocycles. The van der Waals surface area contributed by atoms with E-state index in [1.54, 1.807) is 0 Å². The van der Waals surface area contributed by atoms with Gasteiger partial charge in [-0.1, -0.05) is 19.1 Å². The van der Waals surface area contributed by atoms with E-state index in [0.717, 1.165) is 31.9 Å². The van der Waals surface area contributed by atoms with Crippen LogP contribution >= 0.6 is 0 Å². The molecule has 0 saturated carbocycles. The van der Waals surface area contributed by atoms with E-state index in [-0.39, 0.29) is 0 Å². The summed E-state index contributed by atoms with van der Waals surface area (Å²) in [6.45, 7) is 10.1. The van der Waals surface area contributed by atoms with Gasteiger partial charge < -0.3 is 10.6 Å². The van der Waals surface area contributed by atoms with Crippen molar-refractivity contribution in [1.29, 1.82) is 0 Å². The van der Waals surface area contributed by atoms with Crippen LogP contribution in [0, 0.1) is 6.92 Å². The Bertz CT molecular complexity index is 347. The number of hydrogen-bond donors (Lipinski definition) is 1. The number of para-hydroxylation sites is 1. The van der Waals surface area contributed by atoms with Crippen LogP contribution in [0.1, 0.15) is 18.9 Å². The summed E-state index contributed by atoms with van der Waals surface area (Å²) in [5.41, 5.74) is 9.53. The van der Waals surface area contributed by atoms with Gasteiger partial charge in [-0.15, -0.1) is 0 Å². The molecule has 2 N–H and O–H groups in total. The van der Waals surface area contributed by atoms with Crippen molar-refractivity contribution in [2.75, 3.05) is 43.4 Å². The molecule has 17 heavy (non-hydrogen) atoms. The second kappa shape index (κ2) is 5.41. The van der Waals surface area contributed by atoms with E-state index in [2.05, 4.69) is 29.7 Å². The molecule has 0 spiro atoms. The number of rotatable bonds is 3. The third-order valence-electron chi connectivity index (χ3n) is 3.50. The zero-order chi connectivity index (χ0) is 12.3. The lowest BCUT2D eigenvalue weighted by Gasteiger charge is -2.37. The summed E-state index contributed by atoms with van der Waals surface area (Å²) in [5, 5.41) is 0. The van der Waals surface area contributed by atoms with Crippen molar-refractivity contribution in [2.24, 2.45) is 0 Å². The molecule has 1 aromatic carbocycles. The lowest BCUT2D eigenvalue weighted by atomic mass is 10.1. The predicted octanol–water partition coefficient (Wildman–Crippen LogP) is 2.11. The molecule has 1 fully saturated rings. The molecule has 1 saturated heterocycles. The Morgan fingerprint density at radius 1 is 1.18 bits per heavy atom.